The fourth-order valence-electron chi connectivity index (χ4n) is 3.16. The molecular formula is C24H23ClN4O5. The van der Waals surface area contributed by atoms with Gasteiger partial charge in [0.15, 0.2) is 12.0 Å². The Bertz CT molecular complexity index is 1220. The van der Waals surface area contributed by atoms with E-state index in [1.54, 1.807) is 55.5 Å². The topological polar surface area (TPSA) is 112 Å². The minimum Gasteiger partial charge on any atom is -0.453 e. The molecule has 1 atom stereocenters. The van der Waals surface area contributed by atoms with Crippen LogP contribution in [0.3, 0.4) is 0 Å². The third-order valence-electron chi connectivity index (χ3n) is 4.90. The molecule has 0 fully saturated rings. The molecule has 0 radical (unpaired) electrons. The second-order valence-corrected chi connectivity index (χ2v) is 8.14. The van der Waals surface area contributed by atoms with Gasteiger partial charge in [0.2, 0.25) is 12.4 Å². The predicted molar refractivity (Wildman–Crippen MR) is 128 cm³/mol. The number of fused-ring (bicyclic) bond motifs is 1. The SMILES string of the molecule is CC(C=O)CN(C)C(=O)NC(=Nc1ccc2oc(C=O)cc2c1)N(C=O)Cc1ccc(Cl)cc1. The molecule has 0 aliphatic carbocycles. The van der Waals surface area contributed by atoms with Crippen LogP contribution in [0.25, 0.3) is 11.0 Å². The van der Waals surface area contributed by atoms with E-state index in [0.29, 0.717) is 34.4 Å². The van der Waals surface area contributed by atoms with Gasteiger partial charge in [-0.05, 0) is 42.0 Å². The highest BCUT2D eigenvalue weighted by Gasteiger charge is 2.19. The van der Waals surface area contributed by atoms with Crippen LogP contribution in [-0.4, -0.2) is 54.4 Å². The molecule has 1 aromatic heterocycles. The summed E-state index contributed by atoms with van der Waals surface area (Å²) in [6.07, 6.45) is 1.92. The molecule has 0 spiro atoms. The largest absolute Gasteiger partial charge is 0.453 e. The van der Waals surface area contributed by atoms with Gasteiger partial charge in [0.25, 0.3) is 0 Å². The fraction of sp³-hybridized carbons (Fsp3) is 0.208. The number of furan rings is 1. The van der Waals surface area contributed by atoms with E-state index in [2.05, 4.69) is 10.3 Å². The van der Waals surface area contributed by atoms with Gasteiger partial charge in [-0.3, -0.25) is 19.8 Å². The molecule has 34 heavy (non-hydrogen) atoms. The van der Waals surface area contributed by atoms with E-state index in [1.807, 2.05) is 0 Å². The van der Waals surface area contributed by atoms with Crippen LogP contribution in [-0.2, 0) is 16.1 Å². The molecule has 0 saturated heterocycles. The van der Waals surface area contributed by atoms with Crippen LogP contribution >= 0.6 is 11.6 Å². The molecule has 9 nitrogen and oxygen atoms in total. The Labute approximate surface area is 201 Å². The first-order valence-corrected chi connectivity index (χ1v) is 10.7. The van der Waals surface area contributed by atoms with E-state index in [-0.39, 0.29) is 30.7 Å². The molecule has 0 bridgehead atoms. The van der Waals surface area contributed by atoms with Crippen molar-refractivity contribution in [2.24, 2.45) is 10.9 Å². The molecule has 0 aliphatic rings. The molecular weight excluding hydrogens is 460 g/mol. The monoisotopic (exact) mass is 482 g/mol. The van der Waals surface area contributed by atoms with Crippen LogP contribution in [0.5, 0.6) is 0 Å². The van der Waals surface area contributed by atoms with Crippen molar-refractivity contribution < 1.29 is 23.6 Å². The zero-order valence-electron chi connectivity index (χ0n) is 18.6. The summed E-state index contributed by atoms with van der Waals surface area (Å²) in [4.78, 5) is 53.8. The standard InChI is InChI=1S/C24H23ClN4O5/c1-16(13-30)11-28(2)24(33)27-23(29(15-32)12-17-3-5-19(25)6-4-17)26-20-7-8-22-18(9-20)10-21(14-31)34-22/h3-10,13-16H,11-12H2,1-2H3,(H,26,27,33). The molecule has 3 rings (SSSR count). The molecule has 10 heteroatoms. The summed E-state index contributed by atoms with van der Waals surface area (Å²) in [5.74, 6) is -0.199. The maximum Gasteiger partial charge on any atom is 0.323 e. The maximum atomic E-state index is 12.8. The fourth-order valence-corrected chi connectivity index (χ4v) is 3.29. The van der Waals surface area contributed by atoms with Crippen LogP contribution in [0.1, 0.15) is 23.0 Å². The number of rotatable bonds is 8. The summed E-state index contributed by atoms with van der Waals surface area (Å²) in [7, 11) is 1.54. The number of carbonyl (C=O) groups is 4. The van der Waals surface area contributed by atoms with Crippen LogP contribution in [0.4, 0.5) is 10.5 Å². The Hall–Kier alpha value is -3.98. The van der Waals surface area contributed by atoms with Crippen LogP contribution in [0, 0.1) is 5.92 Å². The van der Waals surface area contributed by atoms with Crippen LogP contribution in [0.15, 0.2) is 57.9 Å². The van der Waals surface area contributed by atoms with Crippen molar-refractivity contribution in [1.82, 2.24) is 15.1 Å². The Morgan fingerprint density at radius 1 is 1.15 bits per heavy atom. The summed E-state index contributed by atoms with van der Waals surface area (Å²) in [5.41, 5.74) is 1.69. The third-order valence-corrected chi connectivity index (χ3v) is 5.15. The van der Waals surface area contributed by atoms with Crippen LogP contribution in [0.2, 0.25) is 5.02 Å². The zero-order chi connectivity index (χ0) is 24.7. The number of halogens is 1. The molecule has 176 valence electrons. The van der Waals surface area contributed by atoms with E-state index in [0.717, 1.165) is 11.8 Å². The molecule has 0 saturated carbocycles. The predicted octanol–water partition coefficient (Wildman–Crippen LogP) is 4.02. The number of aliphatic imine (C=N–C) groups is 1. The molecule has 2 aromatic carbocycles. The highest BCUT2D eigenvalue weighted by Crippen LogP contribution is 2.24. The van der Waals surface area contributed by atoms with Gasteiger partial charge >= 0.3 is 6.03 Å². The number of hydrogen-bond donors (Lipinski definition) is 1. The minimum absolute atomic E-state index is 0.0148. The average Bonchev–Trinajstić information content (AvgIpc) is 3.25. The van der Waals surface area contributed by atoms with Crippen molar-refractivity contribution >= 4 is 59.2 Å². The summed E-state index contributed by atoms with van der Waals surface area (Å²) < 4.78 is 5.38. The number of aldehydes is 2. The van der Waals surface area contributed by atoms with Gasteiger partial charge in [0.1, 0.15) is 11.9 Å². The lowest BCUT2D eigenvalue weighted by molar-refractivity contribution is -0.115. The lowest BCUT2D eigenvalue weighted by Crippen LogP contribution is -2.48. The van der Waals surface area contributed by atoms with Gasteiger partial charge in [-0.25, -0.2) is 9.79 Å². The molecule has 1 N–H and O–H groups in total. The van der Waals surface area contributed by atoms with Gasteiger partial charge in [0, 0.05) is 29.9 Å². The van der Waals surface area contributed by atoms with Gasteiger partial charge < -0.3 is 14.1 Å². The zero-order valence-corrected chi connectivity index (χ0v) is 19.4. The second-order valence-electron chi connectivity index (χ2n) is 7.71. The number of nitrogens with one attached hydrogen (secondary N) is 1. The first-order chi connectivity index (χ1) is 16.3. The second kappa shape index (κ2) is 11.2. The molecule has 3 aromatic rings. The van der Waals surface area contributed by atoms with Gasteiger partial charge in [-0.2, -0.15) is 0 Å². The number of amides is 3. The quantitative estimate of drug-likeness (QED) is 0.296. The Morgan fingerprint density at radius 2 is 1.88 bits per heavy atom. The molecule has 1 unspecified atom stereocenters. The number of benzene rings is 2. The van der Waals surface area contributed by atoms with Crippen molar-refractivity contribution in [3.63, 3.8) is 0 Å². The van der Waals surface area contributed by atoms with Crippen molar-refractivity contribution in [2.45, 2.75) is 13.5 Å². The van der Waals surface area contributed by atoms with E-state index in [9.17, 15) is 19.2 Å². The number of urea groups is 1. The highest BCUT2D eigenvalue weighted by atomic mass is 35.5. The van der Waals surface area contributed by atoms with Crippen molar-refractivity contribution in [3.8, 4) is 0 Å². The summed E-state index contributed by atoms with van der Waals surface area (Å²) in [6.45, 7) is 2.01. The number of nitrogens with zero attached hydrogens (tertiary/aromatic N) is 3. The Balaban J connectivity index is 1.94. The number of hydrogen-bond acceptors (Lipinski definition) is 6. The van der Waals surface area contributed by atoms with E-state index in [4.69, 9.17) is 16.0 Å². The molecule has 0 aliphatic heterocycles. The van der Waals surface area contributed by atoms with Crippen molar-refractivity contribution in [1.29, 1.82) is 0 Å². The Morgan fingerprint density at radius 3 is 2.53 bits per heavy atom. The van der Waals surface area contributed by atoms with E-state index >= 15 is 0 Å². The van der Waals surface area contributed by atoms with Crippen molar-refractivity contribution in [3.05, 3.63) is 64.9 Å². The van der Waals surface area contributed by atoms with Gasteiger partial charge in [-0.15, -0.1) is 0 Å². The normalized spacial score (nSPS) is 12.1. The lowest BCUT2D eigenvalue weighted by Gasteiger charge is -2.24. The smallest absolute Gasteiger partial charge is 0.323 e. The van der Waals surface area contributed by atoms with Crippen LogP contribution < -0.4 is 5.32 Å². The number of carbonyl (C=O) groups excluding carboxylic acids is 4. The lowest BCUT2D eigenvalue weighted by atomic mass is 10.2. The number of guanidine groups is 1. The first-order valence-electron chi connectivity index (χ1n) is 10.3. The summed E-state index contributed by atoms with van der Waals surface area (Å²) in [6, 6.07) is 12.9. The summed E-state index contributed by atoms with van der Waals surface area (Å²) >= 11 is 5.95. The first kappa shape index (κ1) is 24.7. The van der Waals surface area contributed by atoms with Gasteiger partial charge in [0.05, 0.1) is 12.2 Å². The summed E-state index contributed by atoms with van der Waals surface area (Å²) in [5, 5.41) is 3.85. The third kappa shape index (κ3) is 6.29. The van der Waals surface area contributed by atoms with Gasteiger partial charge in [-0.1, -0.05) is 30.7 Å². The maximum absolute atomic E-state index is 12.8. The highest BCUT2D eigenvalue weighted by molar-refractivity contribution is 6.30. The van der Waals surface area contributed by atoms with E-state index < -0.39 is 6.03 Å². The van der Waals surface area contributed by atoms with E-state index in [1.165, 1.54) is 16.8 Å². The molecule has 1 heterocycles. The molecule has 3 amide bonds. The minimum atomic E-state index is -0.539. The Kier molecular flexibility index (Phi) is 8.15. The average molecular weight is 483 g/mol. The van der Waals surface area contributed by atoms with Crippen molar-refractivity contribution in [2.75, 3.05) is 13.6 Å².